The lowest BCUT2D eigenvalue weighted by molar-refractivity contribution is -0.254. The third-order valence-corrected chi connectivity index (χ3v) is 3.93. The lowest BCUT2D eigenvalue weighted by Crippen LogP contribution is -2.25. The molecule has 0 aromatic heterocycles. The third-order valence-electron chi connectivity index (χ3n) is 3.93. The number of nitrogens with one attached hydrogen (secondary N) is 1. The zero-order chi connectivity index (χ0) is 14.4. The first-order chi connectivity index (χ1) is 9.66. The van der Waals surface area contributed by atoms with Gasteiger partial charge in [-0.2, -0.15) is 0 Å². The van der Waals surface area contributed by atoms with Gasteiger partial charge in [0.1, 0.15) is 0 Å². The summed E-state index contributed by atoms with van der Waals surface area (Å²) >= 11 is 0. The van der Waals surface area contributed by atoms with Gasteiger partial charge in [0.15, 0.2) is 0 Å². The number of carboxylic acids is 1. The van der Waals surface area contributed by atoms with Crippen molar-refractivity contribution in [2.24, 2.45) is 5.92 Å². The van der Waals surface area contributed by atoms with Gasteiger partial charge in [-0.1, -0.05) is 50.3 Å². The number of amides is 1. The van der Waals surface area contributed by atoms with Crippen LogP contribution in [0.1, 0.15) is 55.3 Å². The number of hydrogen-bond acceptors (Lipinski definition) is 3. The minimum atomic E-state index is -1.27. The van der Waals surface area contributed by atoms with E-state index in [1.165, 1.54) is 38.2 Å². The molecule has 20 heavy (non-hydrogen) atoms. The van der Waals surface area contributed by atoms with Crippen LogP contribution in [0.15, 0.2) is 24.3 Å². The van der Waals surface area contributed by atoms with Crippen LogP contribution in [-0.2, 0) is 4.79 Å². The second-order valence-corrected chi connectivity index (χ2v) is 5.42. The molecule has 0 spiro atoms. The van der Waals surface area contributed by atoms with Gasteiger partial charge in [-0.05, 0) is 18.4 Å². The van der Waals surface area contributed by atoms with Gasteiger partial charge in [0.25, 0.3) is 0 Å². The average molecular weight is 274 g/mol. The highest BCUT2D eigenvalue weighted by Gasteiger charge is 2.15. The predicted octanol–water partition coefficient (Wildman–Crippen LogP) is 2.35. The van der Waals surface area contributed by atoms with Crippen molar-refractivity contribution in [3.63, 3.8) is 0 Å². The van der Waals surface area contributed by atoms with Crippen LogP contribution in [0, 0.1) is 5.92 Å². The Hall–Kier alpha value is -1.84. The fourth-order valence-corrected chi connectivity index (χ4v) is 2.79. The monoisotopic (exact) mass is 274 g/mol. The zero-order valence-corrected chi connectivity index (χ0v) is 11.6. The molecule has 108 valence electrons. The molecular weight excluding hydrogens is 254 g/mol. The first-order valence-electron chi connectivity index (χ1n) is 7.27. The molecule has 4 heteroatoms. The highest BCUT2D eigenvalue weighted by Crippen LogP contribution is 2.27. The Morgan fingerprint density at radius 3 is 2.55 bits per heavy atom. The van der Waals surface area contributed by atoms with Crippen LogP contribution in [0.4, 0.5) is 5.69 Å². The number of para-hydroxylation sites is 1. The number of benzene rings is 1. The SMILES string of the molecule is O=C(CCC1CCCCC1)Nc1ccccc1C(=O)[O-]. The largest absolute Gasteiger partial charge is 0.545 e. The van der Waals surface area contributed by atoms with Crippen molar-refractivity contribution in [3.05, 3.63) is 29.8 Å². The fraction of sp³-hybridized carbons (Fsp3) is 0.500. The van der Waals surface area contributed by atoms with Gasteiger partial charge in [-0.25, -0.2) is 0 Å². The van der Waals surface area contributed by atoms with Crippen molar-refractivity contribution in [2.75, 3.05) is 5.32 Å². The van der Waals surface area contributed by atoms with E-state index >= 15 is 0 Å². The smallest absolute Gasteiger partial charge is 0.224 e. The van der Waals surface area contributed by atoms with Crippen LogP contribution in [0.25, 0.3) is 0 Å². The van der Waals surface area contributed by atoms with Gasteiger partial charge in [-0.3, -0.25) is 4.79 Å². The minimum absolute atomic E-state index is 0.0264. The maximum Gasteiger partial charge on any atom is 0.224 e. The van der Waals surface area contributed by atoms with Gasteiger partial charge >= 0.3 is 0 Å². The van der Waals surface area contributed by atoms with E-state index in [1.54, 1.807) is 18.2 Å². The topological polar surface area (TPSA) is 69.2 Å². The quantitative estimate of drug-likeness (QED) is 0.896. The molecule has 4 nitrogen and oxygen atoms in total. The highest BCUT2D eigenvalue weighted by molar-refractivity contribution is 5.99. The van der Waals surface area contributed by atoms with E-state index in [4.69, 9.17) is 0 Å². The first-order valence-corrected chi connectivity index (χ1v) is 7.27. The van der Waals surface area contributed by atoms with E-state index in [-0.39, 0.29) is 11.5 Å². The highest BCUT2D eigenvalue weighted by atomic mass is 16.4. The number of carbonyl (C=O) groups is 2. The summed E-state index contributed by atoms with van der Waals surface area (Å²) in [7, 11) is 0. The van der Waals surface area contributed by atoms with Crippen LogP contribution < -0.4 is 10.4 Å². The Balaban J connectivity index is 1.86. The van der Waals surface area contributed by atoms with E-state index in [0.29, 0.717) is 18.0 Å². The van der Waals surface area contributed by atoms with Crippen LogP contribution in [-0.4, -0.2) is 11.9 Å². The van der Waals surface area contributed by atoms with E-state index in [9.17, 15) is 14.7 Å². The van der Waals surface area contributed by atoms with E-state index in [0.717, 1.165) is 6.42 Å². The fourth-order valence-electron chi connectivity index (χ4n) is 2.79. The normalized spacial score (nSPS) is 15.8. The maximum atomic E-state index is 11.9. The second-order valence-electron chi connectivity index (χ2n) is 5.42. The standard InChI is InChI=1S/C16H21NO3/c18-15(11-10-12-6-2-1-3-7-12)17-14-9-5-4-8-13(14)16(19)20/h4-5,8-9,12H,1-3,6-7,10-11H2,(H,17,18)(H,19,20)/p-1. The third kappa shape index (κ3) is 4.08. The van der Waals surface area contributed by atoms with Crippen LogP contribution in [0.2, 0.25) is 0 Å². The molecule has 2 rings (SSSR count). The van der Waals surface area contributed by atoms with Crippen molar-refractivity contribution in [3.8, 4) is 0 Å². The summed E-state index contributed by atoms with van der Waals surface area (Å²) in [6.07, 6.45) is 7.60. The molecule has 1 aromatic rings. The molecular formula is C16H20NO3-. The Morgan fingerprint density at radius 2 is 1.85 bits per heavy atom. The van der Waals surface area contributed by atoms with Crippen LogP contribution in [0.3, 0.4) is 0 Å². The molecule has 1 fully saturated rings. The molecule has 1 amide bonds. The molecule has 1 aromatic carbocycles. The molecule has 1 aliphatic rings. The van der Waals surface area contributed by atoms with Gasteiger partial charge in [0, 0.05) is 17.7 Å². The van der Waals surface area contributed by atoms with Crippen molar-refractivity contribution in [2.45, 2.75) is 44.9 Å². The number of anilines is 1. The number of rotatable bonds is 5. The maximum absolute atomic E-state index is 11.9. The summed E-state index contributed by atoms with van der Waals surface area (Å²) in [5.74, 6) is -0.747. The Bertz CT molecular complexity index is 478. The van der Waals surface area contributed by atoms with Crippen molar-refractivity contribution >= 4 is 17.6 Å². The molecule has 0 atom stereocenters. The summed E-state index contributed by atoms with van der Waals surface area (Å²) in [6.45, 7) is 0. The van der Waals surface area contributed by atoms with Gasteiger partial charge in [0.05, 0.1) is 5.97 Å². The molecule has 0 saturated heterocycles. The molecule has 0 heterocycles. The summed E-state index contributed by atoms with van der Waals surface area (Å²) in [5.41, 5.74) is 0.347. The average Bonchev–Trinajstić information content (AvgIpc) is 2.46. The lowest BCUT2D eigenvalue weighted by atomic mass is 9.86. The molecule has 0 radical (unpaired) electrons. The van der Waals surface area contributed by atoms with Gasteiger partial charge in [0.2, 0.25) is 5.91 Å². The Labute approximate surface area is 119 Å². The van der Waals surface area contributed by atoms with Gasteiger partial charge in [-0.15, -0.1) is 0 Å². The Morgan fingerprint density at radius 1 is 1.15 bits per heavy atom. The van der Waals surface area contributed by atoms with Crippen LogP contribution >= 0.6 is 0 Å². The lowest BCUT2D eigenvalue weighted by Gasteiger charge is -2.21. The minimum Gasteiger partial charge on any atom is -0.545 e. The van der Waals surface area contributed by atoms with E-state index in [1.807, 2.05) is 0 Å². The zero-order valence-electron chi connectivity index (χ0n) is 11.6. The van der Waals surface area contributed by atoms with E-state index in [2.05, 4.69) is 5.32 Å². The summed E-state index contributed by atoms with van der Waals surface area (Å²) < 4.78 is 0. The molecule has 1 saturated carbocycles. The number of aromatic carboxylic acids is 1. The Kier molecular flexibility index (Phi) is 5.16. The summed E-state index contributed by atoms with van der Waals surface area (Å²) in [6, 6.07) is 6.34. The summed E-state index contributed by atoms with van der Waals surface area (Å²) in [5, 5.41) is 13.6. The molecule has 0 bridgehead atoms. The van der Waals surface area contributed by atoms with Crippen molar-refractivity contribution in [1.82, 2.24) is 0 Å². The molecule has 1 N–H and O–H groups in total. The predicted molar refractivity (Wildman–Crippen MR) is 75.2 cm³/mol. The molecule has 0 unspecified atom stereocenters. The van der Waals surface area contributed by atoms with Crippen molar-refractivity contribution in [1.29, 1.82) is 0 Å². The van der Waals surface area contributed by atoms with Gasteiger partial charge < -0.3 is 15.2 Å². The number of carbonyl (C=O) groups excluding carboxylic acids is 2. The molecule has 0 aliphatic heterocycles. The van der Waals surface area contributed by atoms with Crippen molar-refractivity contribution < 1.29 is 14.7 Å². The van der Waals surface area contributed by atoms with Crippen LogP contribution in [0.5, 0.6) is 0 Å². The second kappa shape index (κ2) is 7.08. The first kappa shape index (κ1) is 14.6. The number of hydrogen-bond donors (Lipinski definition) is 1. The molecule has 1 aliphatic carbocycles. The van der Waals surface area contributed by atoms with E-state index < -0.39 is 5.97 Å². The number of carboxylic acid groups (broad SMARTS) is 1. The summed E-state index contributed by atoms with van der Waals surface area (Å²) in [4.78, 5) is 22.9.